The minimum Gasteiger partial charge on any atom is -0.368 e. The van der Waals surface area contributed by atoms with Crippen LogP contribution in [0.5, 0.6) is 0 Å². The SMILES string of the molecule is O=C(C1CCC(=O)N1C1CCCC1)N1CCN(c2ccc(F)cc2)CC1. The van der Waals surface area contributed by atoms with Gasteiger partial charge in [0.05, 0.1) is 0 Å². The zero-order valence-corrected chi connectivity index (χ0v) is 15.1. The Kier molecular flexibility index (Phi) is 4.83. The lowest BCUT2D eigenvalue weighted by atomic mass is 10.1. The Morgan fingerprint density at radius 2 is 1.62 bits per heavy atom. The molecule has 1 atom stereocenters. The summed E-state index contributed by atoms with van der Waals surface area (Å²) in [5, 5.41) is 0. The first kappa shape index (κ1) is 17.3. The zero-order chi connectivity index (χ0) is 18.1. The molecule has 26 heavy (non-hydrogen) atoms. The molecule has 0 bridgehead atoms. The monoisotopic (exact) mass is 359 g/mol. The van der Waals surface area contributed by atoms with E-state index < -0.39 is 0 Å². The molecule has 0 radical (unpaired) electrons. The number of amides is 2. The largest absolute Gasteiger partial charge is 0.368 e. The maximum atomic E-state index is 13.1. The molecule has 4 rings (SSSR count). The molecule has 1 aromatic carbocycles. The van der Waals surface area contributed by atoms with Crippen molar-refractivity contribution in [3.05, 3.63) is 30.1 Å². The van der Waals surface area contributed by atoms with Crippen LogP contribution < -0.4 is 4.90 Å². The summed E-state index contributed by atoms with van der Waals surface area (Å²) in [7, 11) is 0. The smallest absolute Gasteiger partial charge is 0.245 e. The Hall–Kier alpha value is -2.11. The number of hydrogen-bond donors (Lipinski definition) is 0. The maximum Gasteiger partial charge on any atom is 0.245 e. The van der Waals surface area contributed by atoms with Gasteiger partial charge in [-0.05, 0) is 43.5 Å². The molecule has 1 aromatic rings. The molecule has 2 heterocycles. The molecule has 0 aromatic heterocycles. The number of hydrogen-bond acceptors (Lipinski definition) is 3. The molecule has 2 amide bonds. The van der Waals surface area contributed by atoms with Crippen LogP contribution in [0, 0.1) is 5.82 Å². The van der Waals surface area contributed by atoms with Crippen LogP contribution in [-0.4, -0.2) is 59.9 Å². The average Bonchev–Trinajstić information content (AvgIpc) is 3.31. The van der Waals surface area contributed by atoms with Gasteiger partial charge in [0.1, 0.15) is 11.9 Å². The lowest BCUT2D eigenvalue weighted by molar-refractivity contribution is -0.143. The fourth-order valence-corrected chi connectivity index (χ4v) is 4.63. The van der Waals surface area contributed by atoms with Crippen molar-refractivity contribution in [1.29, 1.82) is 0 Å². The Labute approximate surface area is 153 Å². The summed E-state index contributed by atoms with van der Waals surface area (Å²) < 4.78 is 13.1. The summed E-state index contributed by atoms with van der Waals surface area (Å²) in [6, 6.07) is 6.50. The minimum atomic E-state index is -0.261. The number of carbonyl (C=O) groups excluding carboxylic acids is 2. The van der Waals surface area contributed by atoms with Gasteiger partial charge in [0.15, 0.2) is 0 Å². The predicted molar refractivity (Wildman–Crippen MR) is 97.3 cm³/mol. The van der Waals surface area contributed by atoms with E-state index in [9.17, 15) is 14.0 Å². The highest BCUT2D eigenvalue weighted by Crippen LogP contribution is 2.32. The van der Waals surface area contributed by atoms with Crippen LogP contribution in [0.2, 0.25) is 0 Å². The number of nitrogens with zero attached hydrogens (tertiary/aromatic N) is 3. The van der Waals surface area contributed by atoms with Crippen molar-refractivity contribution < 1.29 is 14.0 Å². The molecule has 3 fully saturated rings. The highest BCUT2D eigenvalue weighted by molar-refractivity contribution is 5.91. The van der Waals surface area contributed by atoms with Gasteiger partial charge < -0.3 is 14.7 Å². The topological polar surface area (TPSA) is 43.9 Å². The van der Waals surface area contributed by atoms with Crippen LogP contribution >= 0.6 is 0 Å². The highest BCUT2D eigenvalue weighted by atomic mass is 19.1. The van der Waals surface area contributed by atoms with E-state index in [1.165, 1.54) is 12.1 Å². The second-order valence-electron chi connectivity index (χ2n) is 7.58. The second-order valence-corrected chi connectivity index (χ2v) is 7.58. The van der Waals surface area contributed by atoms with E-state index in [-0.39, 0.29) is 29.7 Å². The van der Waals surface area contributed by atoms with E-state index in [1.807, 2.05) is 9.80 Å². The normalized spacial score (nSPS) is 24.6. The third-order valence-corrected chi connectivity index (χ3v) is 6.04. The number of rotatable bonds is 3. The van der Waals surface area contributed by atoms with Crippen LogP contribution in [-0.2, 0) is 9.59 Å². The van der Waals surface area contributed by atoms with Gasteiger partial charge in [-0.2, -0.15) is 0 Å². The Bertz CT molecular complexity index is 664. The molecule has 2 saturated heterocycles. The van der Waals surface area contributed by atoms with Crippen molar-refractivity contribution in [3.63, 3.8) is 0 Å². The molecule has 6 heteroatoms. The number of halogens is 1. The van der Waals surface area contributed by atoms with Crippen molar-refractivity contribution in [2.24, 2.45) is 0 Å². The average molecular weight is 359 g/mol. The fourth-order valence-electron chi connectivity index (χ4n) is 4.63. The third kappa shape index (κ3) is 3.29. The van der Waals surface area contributed by atoms with Gasteiger partial charge in [0.25, 0.3) is 0 Å². The van der Waals surface area contributed by atoms with Gasteiger partial charge in [-0.3, -0.25) is 9.59 Å². The number of likely N-dealkylation sites (tertiary alicyclic amines) is 1. The van der Waals surface area contributed by atoms with Gasteiger partial charge in [-0.25, -0.2) is 4.39 Å². The number of anilines is 1. The Morgan fingerprint density at radius 3 is 2.27 bits per heavy atom. The van der Waals surface area contributed by atoms with Crippen molar-refractivity contribution >= 4 is 17.5 Å². The van der Waals surface area contributed by atoms with Crippen LogP contribution in [0.1, 0.15) is 38.5 Å². The minimum absolute atomic E-state index is 0.113. The second kappa shape index (κ2) is 7.25. The van der Waals surface area contributed by atoms with Crippen molar-refractivity contribution in [2.45, 2.75) is 50.6 Å². The predicted octanol–water partition coefficient (Wildman–Crippen LogP) is 2.41. The highest BCUT2D eigenvalue weighted by Gasteiger charge is 2.42. The Morgan fingerprint density at radius 1 is 0.962 bits per heavy atom. The van der Waals surface area contributed by atoms with Gasteiger partial charge in [0.2, 0.25) is 11.8 Å². The van der Waals surface area contributed by atoms with Gasteiger partial charge in [0, 0.05) is 44.3 Å². The van der Waals surface area contributed by atoms with Crippen molar-refractivity contribution in [3.8, 4) is 0 Å². The van der Waals surface area contributed by atoms with Gasteiger partial charge in [-0.15, -0.1) is 0 Å². The molecule has 2 aliphatic heterocycles. The van der Waals surface area contributed by atoms with Gasteiger partial charge in [-0.1, -0.05) is 12.8 Å². The van der Waals surface area contributed by atoms with E-state index in [1.54, 1.807) is 12.1 Å². The lowest BCUT2D eigenvalue weighted by Gasteiger charge is -2.39. The molecule has 5 nitrogen and oxygen atoms in total. The van der Waals surface area contributed by atoms with E-state index in [4.69, 9.17) is 0 Å². The molecule has 1 aliphatic carbocycles. The summed E-state index contributed by atoms with van der Waals surface area (Å²) in [6.45, 7) is 2.78. The molecule has 1 saturated carbocycles. The molecular weight excluding hydrogens is 333 g/mol. The standard InChI is InChI=1S/C20H26FN3O2/c21-15-5-7-16(8-6-15)22-11-13-23(14-12-22)20(26)18-9-10-19(25)24(18)17-3-1-2-4-17/h5-8,17-18H,1-4,9-14H2. The van der Waals surface area contributed by atoms with Crippen LogP contribution in [0.15, 0.2) is 24.3 Å². The van der Waals surface area contributed by atoms with E-state index in [0.29, 0.717) is 25.9 Å². The molecule has 0 N–H and O–H groups in total. The van der Waals surface area contributed by atoms with Crippen LogP contribution in [0.25, 0.3) is 0 Å². The first-order valence-corrected chi connectivity index (χ1v) is 9.74. The quantitative estimate of drug-likeness (QED) is 0.832. The summed E-state index contributed by atoms with van der Waals surface area (Å²) in [5.41, 5.74) is 0.988. The summed E-state index contributed by atoms with van der Waals surface area (Å²) >= 11 is 0. The molecule has 140 valence electrons. The van der Waals surface area contributed by atoms with E-state index in [0.717, 1.165) is 44.5 Å². The summed E-state index contributed by atoms with van der Waals surface area (Å²) in [4.78, 5) is 31.4. The van der Waals surface area contributed by atoms with Crippen molar-refractivity contribution in [1.82, 2.24) is 9.80 Å². The number of carbonyl (C=O) groups is 2. The van der Waals surface area contributed by atoms with E-state index >= 15 is 0 Å². The number of piperazine rings is 1. The summed E-state index contributed by atoms with van der Waals surface area (Å²) in [5.74, 6) is 0.0298. The molecular formula is C20H26FN3O2. The maximum absolute atomic E-state index is 13.1. The Balaban J connectivity index is 1.38. The third-order valence-electron chi connectivity index (χ3n) is 6.04. The fraction of sp³-hybridized carbons (Fsp3) is 0.600. The first-order valence-electron chi connectivity index (χ1n) is 9.74. The van der Waals surface area contributed by atoms with Crippen molar-refractivity contribution in [2.75, 3.05) is 31.1 Å². The van der Waals surface area contributed by atoms with Crippen LogP contribution in [0.4, 0.5) is 10.1 Å². The molecule has 1 unspecified atom stereocenters. The van der Waals surface area contributed by atoms with Gasteiger partial charge >= 0.3 is 0 Å². The first-order chi connectivity index (χ1) is 12.6. The van der Waals surface area contributed by atoms with E-state index in [2.05, 4.69) is 4.90 Å². The molecule has 0 spiro atoms. The van der Waals surface area contributed by atoms with Crippen LogP contribution in [0.3, 0.4) is 0 Å². The zero-order valence-electron chi connectivity index (χ0n) is 15.1. The molecule has 3 aliphatic rings. The lowest BCUT2D eigenvalue weighted by Crippen LogP contribution is -2.55. The number of benzene rings is 1. The summed E-state index contributed by atoms with van der Waals surface area (Å²) in [6.07, 6.45) is 5.55.